The standard InChI is InChI=1S/C23H30N2O5/c1-5-17(2)19-8-10-20(11-9-19)29-13-6-14-30-21-12-7-18(15-22(21)27-3)16-24-25-23(26)28-4/h7-12,15-17H,5-6,13-14H2,1-4H3,(H,25,26)/b24-16-/t17-/m1/s1. The van der Waals surface area contributed by atoms with Gasteiger partial charge in [0.2, 0.25) is 0 Å². The first-order valence-electron chi connectivity index (χ1n) is 9.98. The van der Waals surface area contributed by atoms with Gasteiger partial charge in [-0.1, -0.05) is 26.0 Å². The predicted octanol–water partition coefficient (Wildman–Crippen LogP) is 4.75. The van der Waals surface area contributed by atoms with Crippen LogP contribution in [-0.2, 0) is 4.74 Å². The highest BCUT2D eigenvalue weighted by atomic mass is 16.5. The summed E-state index contributed by atoms with van der Waals surface area (Å²) >= 11 is 0. The van der Waals surface area contributed by atoms with Crippen LogP contribution in [0.2, 0.25) is 0 Å². The van der Waals surface area contributed by atoms with Crippen molar-refractivity contribution in [3.63, 3.8) is 0 Å². The number of hydrogen-bond donors (Lipinski definition) is 1. The van der Waals surface area contributed by atoms with E-state index in [0.717, 1.165) is 24.2 Å². The second-order valence-corrected chi connectivity index (χ2v) is 6.70. The van der Waals surface area contributed by atoms with E-state index in [-0.39, 0.29) is 0 Å². The van der Waals surface area contributed by atoms with Gasteiger partial charge in [0.1, 0.15) is 5.75 Å². The average Bonchev–Trinajstić information content (AvgIpc) is 2.79. The van der Waals surface area contributed by atoms with Crippen LogP contribution < -0.4 is 19.6 Å². The maximum Gasteiger partial charge on any atom is 0.427 e. The number of carbonyl (C=O) groups is 1. The van der Waals surface area contributed by atoms with Crippen molar-refractivity contribution in [2.45, 2.75) is 32.6 Å². The van der Waals surface area contributed by atoms with E-state index >= 15 is 0 Å². The van der Waals surface area contributed by atoms with Crippen LogP contribution in [0.25, 0.3) is 0 Å². The highest BCUT2D eigenvalue weighted by Gasteiger charge is 2.06. The first-order chi connectivity index (χ1) is 14.6. The maximum absolute atomic E-state index is 11.0. The lowest BCUT2D eigenvalue weighted by atomic mass is 9.99. The van der Waals surface area contributed by atoms with E-state index in [4.69, 9.17) is 14.2 Å². The summed E-state index contributed by atoms with van der Waals surface area (Å²) in [5.74, 6) is 2.64. The molecule has 2 rings (SSSR count). The molecule has 0 aliphatic heterocycles. The molecule has 30 heavy (non-hydrogen) atoms. The number of hydrogen-bond acceptors (Lipinski definition) is 6. The molecule has 2 aromatic carbocycles. The molecule has 0 aliphatic rings. The summed E-state index contributed by atoms with van der Waals surface area (Å²) in [6.45, 7) is 5.47. The lowest BCUT2D eigenvalue weighted by Gasteiger charge is -2.12. The minimum atomic E-state index is -0.633. The van der Waals surface area contributed by atoms with Crippen LogP contribution in [0.4, 0.5) is 4.79 Å². The van der Waals surface area contributed by atoms with Gasteiger partial charge in [-0.05, 0) is 53.8 Å². The van der Waals surface area contributed by atoms with Crippen LogP contribution in [-0.4, -0.2) is 39.7 Å². The lowest BCUT2D eigenvalue weighted by molar-refractivity contribution is 0.171. The number of methoxy groups -OCH3 is 2. The summed E-state index contributed by atoms with van der Waals surface area (Å²) in [6.07, 6.45) is 2.72. The Labute approximate surface area is 178 Å². The Balaban J connectivity index is 1.78. The molecule has 0 saturated heterocycles. The summed E-state index contributed by atoms with van der Waals surface area (Å²) in [5.41, 5.74) is 4.31. The van der Waals surface area contributed by atoms with Crippen molar-refractivity contribution in [1.82, 2.24) is 5.43 Å². The molecular formula is C23H30N2O5. The zero-order chi connectivity index (χ0) is 21.8. The highest BCUT2D eigenvalue weighted by molar-refractivity contribution is 5.82. The minimum Gasteiger partial charge on any atom is -0.493 e. The van der Waals surface area contributed by atoms with E-state index in [1.807, 2.05) is 18.2 Å². The Morgan fingerprint density at radius 3 is 2.47 bits per heavy atom. The van der Waals surface area contributed by atoms with Crippen LogP contribution in [0, 0.1) is 0 Å². The third-order valence-electron chi connectivity index (χ3n) is 4.62. The van der Waals surface area contributed by atoms with Crippen molar-refractivity contribution >= 4 is 12.3 Å². The van der Waals surface area contributed by atoms with Crippen molar-refractivity contribution in [2.24, 2.45) is 5.10 Å². The van der Waals surface area contributed by atoms with Crippen LogP contribution in [0.15, 0.2) is 47.6 Å². The highest BCUT2D eigenvalue weighted by Crippen LogP contribution is 2.27. The van der Waals surface area contributed by atoms with Crippen LogP contribution in [0.1, 0.15) is 43.7 Å². The Hall–Kier alpha value is -3.22. The average molecular weight is 415 g/mol. The van der Waals surface area contributed by atoms with Crippen molar-refractivity contribution < 1.29 is 23.7 Å². The predicted molar refractivity (Wildman–Crippen MR) is 117 cm³/mol. The zero-order valence-corrected chi connectivity index (χ0v) is 18.0. The van der Waals surface area contributed by atoms with Crippen molar-refractivity contribution in [3.05, 3.63) is 53.6 Å². The summed E-state index contributed by atoms with van der Waals surface area (Å²) in [5, 5.41) is 3.79. The van der Waals surface area contributed by atoms with E-state index in [1.54, 1.807) is 19.2 Å². The molecule has 2 aromatic rings. The van der Waals surface area contributed by atoms with Crippen molar-refractivity contribution in [2.75, 3.05) is 27.4 Å². The number of carbonyl (C=O) groups excluding carboxylic acids is 1. The molecule has 0 aromatic heterocycles. The molecular weight excluding hydrogens is 384 g/mol. The molecule has 7 heteroatoms. The summed E-state index contributed by atoms with van der Waals surface area (Å²) in [7, 11) is 2.84. The van der Waals surface area contributed by atoms with E-state index < -0.39 is 6.09 Å². The van der Waals surface area contributed by atoms with Gasteiger partial charge in [0.05, 0.1) is 33.6 Å². The molecule has 1 amide bonds. The molecule has 7 nitrogen and oxygen atoms in total. The Morgan fingerprint density at radius 1 is 1.07 bits per heavy atom. The van der Waals surface area contributed by atoms with Crippen molar-refractivity contribution in [3.8, 4) is 17.2 Å². The molecule has 1 atom stereocenters. The normalized spacial score (nSPS) is 11.7. The van der Waals surface area contributed by atoms with Crippen LogP contribution in [0.5, 0.6) is 17.2 Å². The second-order valence-electron chi connectivity index (χ2n) is 6.70. The van der Waals surface area contributed by atoms with Crippen LogP contribution >= 0.6 is 0 Å². The molecule has 0 heterocycles. The van der Waals surface area contributed by atoms with E-state index in [0.29, 0.717) is 30.6 Å². The van der Waals surface area contributed by atoms with Gasteiger partial charge in [0.25, 0.3) is 0 Å². The summed E-state index contributed by atoms with van der Waals surface area (Å²) in [6, 6.07) is 13.7. The first-order valence-corrected chi connectivity index (χ1v) is 9.98. The number of ether oxygens (including phenoxy) is 4. The molecule has 0 fully saturated rings. The number of hydrazone groups is 1. The molecule has 0 unspecified atom stereocenters. The number of amides is 1. The third kappa shape index (κ3) is 7.31. The zero-order valence-electron chi connectivity index (χ0n) is 18.0. The van der Waals surface area contributed by atoms with Gasteiger partial charge < -0.3 is 18.9 Å². The van der Waals surface area contributed by atoms with Crippen LogP contribution in [0.3, 0.4) is 0 Å². The van der Waals surface area contributed by atoms with Gasteiger partial charge in [-0.15, -0.1) is 0 Å². The van der Waals surface area contributed by atoms with E-state index in [9.17, 15) is 4.79 Å². The third-order valence-corrected chi connectivity index (χ3v) is 4.62. The van der Waals surface area contributed by atoms with E-state index in [1.165, 1.54) is 18.9 Å². The fourth-order valence-electron chi connectivity index (χ4n) is 2.65. The molecule has 0 aliphatic carbocycles. The Morgan fingerprint density at radius 2 is 1.80 bits per heavy atom. The Bertz CT molecular complexity index is 821. The first kappa shape index (κ1) is 23.1. The van der Waals surface area contributed by atoms with Gasteiger partial charge in [0.15, 0.2) is 11.5 Å². The van der Waals surface area contributed by atoms with Gasteiger partial charge >= 0.3 is 6.09 Å². The quantitative estimate of drug-likeness (QED) is 0.326. The number of nitrogens with one attached hydrogen (secondary N) is 1. The van der Waals surface area contributed by atoms with Crippen molar-refractivity contribution in [1.29, 1.82) is 0 Å². The molecule has 0 bridgehead atoms. The number of benzene rings is 2. The number of rotatable bonds is 11. The Kier molecular flexibility index (Phi) is 9.51. The SMILES string of the molecule is CC[C@@H](C)c1ccc(OCCCOc2ccc(/C=N\NC(=O)OC)cc2OC)cc1. The number of nitrogens with zero attached hydrogens (tertiary/aromatic N) is 1. The topological polar surface area (TPSA) is 78.4 Å². The summed E-state index contributed by atoms with van der Waals surface area (Å²) < 4.78 is 21.4. The molecule has 162 valence electrons. The fraction of sp³-hybridized carbons (Fsp3) is 0.391. The lowest BCUT2D eigenvalue weighted by Crippen LogP contribution is -2.16. The summed E-state index contributed by atoms with van der Waals surface area (Å²) in [4.78, 5) is 11.0. The largest absolute Gasteiger partial charge is 0.493 e. The molecule has 0 spiro atoms. The van der Waals surface area contributed by atoms with Gasteiger partial charge in [-0.25, -0.2) is 10.2 Å². The molecule has 0 saturated carbocycles. The minimum absolute atomic E-state index is 0.499. The monoisotopic (exact) mass is 414 g/mol. The second kappa shape index (κ2) is 12.4. The maximum atomic E-state index is 11.0. The van der Waals surface area contributed by atoms with Gasteiger partial charge in [-0.2, -0.15) is 5.10 Å². The van der Waals surface area contributed by atoms with Gasteiger partial charge in [-0.3, -0.25) is 0 Å². The van der Waals surface area contributed by atoms with E-state index in [2.05, 4.69) is 41.2 Å². The fourth-order valence-corrected chi connectivity index (χ4v) is 2.65. The smallest absolute Gasteiger partial charge is 0.427 e. The molecule has 1 N–H and O–H groups in total. The van der Waals surface area contributed by atoms with Gasteiger partial charge in [0, 0.05) is 6.42 Å². The molecule has 0 radical (unpaired) electrons.